The van der Waals surface area contributed by atoms with Crippen molar-refractivity contribution in [2.45, 2.75) is 39.5 Å². The molecule has 2 heterocycles. The largest absolute Gasteiger partial charge is 0.494 e. The van der Waals surface area contributed by atoms with Gasteiger partial charge in [0, 0.05) is 56.5 Å². The van der Waals surface area contributed by atoms with E-state index in [1.54, 1.807) is 7.05 Å². The van der Waals surface area contributed by atoms with Crippen molar-refractivity contribution in [1.82, 2.24) is 10.6 Å². The quantitative estimate of drug-likeness (QED) is 0.303. The molecule has 0 amide bonds. The van der Waals surface area contributed by atoms with Gasteiger partial charge in [0.15, 0.2) is 5.96 Å². The molecule has 0 bridgehead atoms. The molecule has 0 radical (unpaired) electrons. The topological polar surface area (TPSA) is 67.4 Å². The standard InChI is InChI=1S/C25H34N4O3.HI/c1-4-31-23-14-20-13-18(2)32-24(20)15-21(23)17-28-25(26-3)27-16-19-7-5-6-8-22(19)29-9-11-30-12-10-29;/h5-8,14-15,18H,4,9-13,16-17H2,1-3H3,(H2,26,27,28);1H. The third kappa shape index (κ3) is 6.44. The zero-order valence-corrected chi connectivity index (χ0v) is 22.1. The number of hydrogen-bond acceptors (Lipinski definition) is 5. The van der Waals surface area contributed by atoms with Gasteiger partial charge >= 0.3 is 0 Å². The van der Waals surface area contributed by atoms with Crippen LogP contribution in [-0.4, -0.2) is 52.0 Å². The lowest BCUT2D eigenvalue weighted by Crippen LogP contribution is -2.39. The van der Waals surface area contributed by atoms with Crippen LogP contribution in [0.4, 0.5) is 5.69 Å². The number of para-hydroxylation sites is 1. The van der Waals surface area contributed by atoms with Crippen LogP contribution in [0.3, 0.4) is 0 Å². The Labute approximate surface area is 213 Å². The molecule has 33 heavy (non-hydrogen) atoms. The van der Waals surface area contributed by atoms with Gasteiger partial charge < -0.3 is 29.7 Å². The predicted octanol–water partition coefficient (Wildman–Crippen LogP) is 3.73. The van der Waals surface area contributed by atoms with Crippen LogP contribution in [0.15, 0.2) is 41.4 Å². The van der Waals surface area contributed by atoms with Crippen LogP contribution in [0.25, 0.3) is 0 Å². The average Bonchev–Trinajstić information content (AvgIpc) is 3.19. The molecule has 1 fully saturated rings. The molecular weight excluding hydrogens is 531 g/mol. The number of anilines is 1. The number of benzene rings is 2. The number of guanidine groups is 1. The second-order valence-electron chi connectivity index (χ2n) is 8.14. The van der Waals surface area contributed by atoms with Crippen LogP contribution in [0.5, 0.6) is 11.5 Å². The van der Waals surface area contributed by atoms with Gasteiger partial charge in [0.05, 0.1) is 19.8 Å². The summed E-state index contributed by atoms with van der Waals surface area (Å²) in [5.41, 5.74) is 4.78. The van der Waals surface area contributed by atoms with Crippen molar-refractivity contribution >= 4 is 35.6 Å². The monoisotopic (exact) mass is 566 g/mol. The molecule has 4 rings (SSSR count). The van der Waals surface area contributed by atoms with Crippen molar-refractivity contribution in [2.24, 2.45) is 4.99 Å². The fourth-order valence-corrected chi connectivity index (χ4v) is 4.26. The van der Waals surface area contributed by atoms with E-state index in [4.69, 9.17) is 14.2 Å². The van der Waals surface area contributed by atoms with Crippen LogP contribution in [-0.2, 0) is 24.2 Å². The summed E-state index contributed by atoms with van der Waals surface area (Å²) in [5, 5.41) is 6.88. The average molecular weight is 566 g/mol. The van der Waals surface area contributed by atoms with E-state index >= 15 is 0 Å². The summed E-state index contributed by atoms with van der Waals surface area (Å²) in [6.45, 7) is 9.42. The fraction of sp³-hybridized carbons (Fsp3) is 0.480. The van der Waals surface area contributed by atoms with Crippen molar-refractivity contribution in [3.05, 3.63) is 53.1 Å². The fourth-order valence-electron chi connectivity index (χ4n) is 4.26. The number of nitrogens with zero attached hydrogens (tertiary/aromatic N) is 2. The first-order valence-corrected chi connectivity index (χ1v) is 11.5. The third-order valence-electron chi connectivity index (χ3n) is 5.84. The minimum Gasteiger partial charge on any atom is -0.494 e. The van der Waals surface area contributed by atoms with Crippen molar-refractivity contribution < 1.29 is 14.2 Å². The Morgan fingerprint density at radius 2 is 1.85 bits per heavy atom. The summed E-state index contributed by atoms with van der Waals surface area (Å²) < 4.78 is 17.4. The van der Waals surface area contributed by atoms with Crippen molar-refractivity contribution in [1.29, 1.82) is 0 Å². The Morgan fingerprint density at radius 1 is 1.12 bits per heavy atom. The van der Waals surface area contributed by atoms with Crippen molar-refractivity contribution in [2.75, 3.05) is 44.9 Å². The van der Waals surface area contributed by atoms with Gasteiger partial charge in [0.2, 0.25) is 0 Å². The highest BCUT2D eigenvalue weighted by molar-refractivity contribution is 14.0. The molecule has 2 aromatic carbocycles. The summed E-state index contributed by atoms with van der Waals surface area (Å²) >= 11 is 0. The molecule has 0 saturated carbocycles. The number of halogens is 1. The Hall–Kier alpha value is -2.20. The lowest BCUT2D eigenvalue weighted by atomic mass is 10.1. The predicted molar refractivity (Wildman–Crippen MR) is 143 cm³/mol. The molecular formula is C25H35IN4O3. The highest BCUT2D eigenvalue weighted by atomic mass is 127. The number of aliphatic imine (C=N–C) groups is 1. The van der Waals surface area contributed by atoms with Crippen LogP contribution < -0.4 is 25.0 Å². The number of ether oxygens (including phenoxy) is 3. The second-order valence-corrected chi connectivity index (χ2v) is 8.14. The second kappa shape index (κ2) is 12.3. The first-order valence-electron chi connectivity index (χ1n) is 11.5. The zero-order chi connectivity index (χ0) is 22.3. The summed E-state index contributed by atoms with van der Waals surface area (Å²) in [7, 11) is 1.79. The van der Waals surface area contributed by atoms with Gasteiger partial charge in [-0.15, -0.1) is 24.0 Å². The Kier molecular flexibility index (Phi) is 9.49. The minimum absolute atomic E-state index is 0. The molecule has 8 heteroatoms. The normalized spacial score (nSPS) is 17.6. The summed E-state index contributed by atoms with van der Waals surface area (Å²) in [5.74, 6) is 2.61. The van der Waals surface area contributed by atoms with Gasteiger partial charge in [-0.3, -0.25) is 4.99 Å². The number of rotatable bonds is 7. The van der Waals surface area contributed by atoms with E-state index in [2.05, 4.69) is 63.8 Å². The summed E-state index contributed by atoms with van der Waals surface area (Å²) in [4.78, 5) is 6.79. The number of nitrogens with one attached hydrogen (secondary N) is 2. The van der Waals surface area contributed by atoms with Gasteiger partial charge in [-0.25, -0.2) is 0 Å². The molecule has 0 aliphatic carbocycles. The number of fused-ring (bicyclic) bond motifs is 1. The molecule has 0 aromatic heterocycles. The summed E-state index contributed by atoms with van der Waals surface area (Å²) in [6, 6.07) is 12.7. The van der Waals surface area contributed by atoms with Gasteiger partial charge in [-0.1, -0.05) is 18.2 Å². The van der Waals surface area contributed by atoms with Crippen LogP contribution in [0, 0.1) is 0 Å². The Morgan fingerprint density at radius 3 is 2.58 bits per heavy atom. The molecule has 2 aliphatic rings. The first-order chi connectivity index (χ1) is 15.7. The summed E-state index contributed by atoms with van der Waals surface area (Å²) in [6.07, 6.45) is 1.14. The maximum Gasteiger partial charge on any atom is 0.191 e. The molecule has 2 aliphatic heterocycles. The smallest absolute Gasteiger partial charge is 0.191 e. The lowest BCUT2D eigenvalue weighted by molar-refractivity contribution is 0.122. The molecule has 2 aromatic rings. The first kappa shape index (κ1) is 25.4. The van der Waals surface area contributed by atoms with Crippen LogP contribution in [0.1, 0.15) is 30.5 Å². The molecule has 7 nitrogen and oxygen atoms in total. The Bertz CT molecular complexity index is 947. The van der Waals surface area contributed by atoms with E-state index in [-0.39, 0.29) is 30.1 Å². The van der Waals surface area contributed by atoms with E-state index < -0.39 is 0 Å². The third-order valence-corrected chi connectivity index (χ3v) is 5.84. The molecule has 0 spiro atoms. The van der Waals surface area contributed by atoms with Gasteiger partial charge in [0.25, 0.3) is 0 Å². The number of hydrogen-bond donors (Lipinski definition) is 2. The highest BCUT2D eigenvalue weighted by Gasteiger charge is 2.22. The van der Waals surface area contributed by atoms with E-state index in [1.165, 1.54) is 16.8 Å². The Balaban J connectivity index is 0.00000306. The maximum absolute atomic E-state index is 5.95. The van der Waals surface area contributed by atoms with Crippen molar-refractivity contribution in [3.8, 4) is 11.5 Å². The molecule has 180 valence electrons. The SMILES string of the molecule is CCOc1cc2c(cc1CNC(=NC)NCc1ccccc1N1CCOCC1)OC(C)C2.I. The molecule has 2 N–H and O–H groups in total. The van der Waals surface area contributed by atoms with Crippen molar-refractivity contribution in [3.63, 3.8) is 0 Å². The minimum atomic E-state index is 0. The van der Waals surface area contributed by atoms with Gasteiger partial charge in [0.1, 0.15) is 17.6 Å². The van der Waals surface area contributed by atoms with E-state index in [9.17, 15) is 0 Å². The van der Waals surface area contributed by atoms with E-state index in [1.807, 2.05) is 6.92 Å². The van der Waals surface area contributed by atoms with Crippen LogP contribution >= 0.6 is 24.0 Å². The van der Waals surface area contributed by atoms with Gasteiger partial charge in [-0.2, -0.15) is 0 Å². The maximum atomic E-state index is 5.95. The lowest BCUT2D eigenvalue weighted by Gasteiger charge is -2.30. The van der Waals surface area contributed by atoms with E-state index in [0.717, 1.165) is 55.7 Å². The van der Waals surface area contributed by atoms with Crippen LogP contribution in [0.2, 0.25) is 0 Å². The molecule has 1 atom stereocenters. The molecule has 1 saturated heterocycles. The molecule has 1 unspecified atom stereocenters. The van der Waals surface area contributed by atoms with E-state index in [0.29, 0.717) is 19.7 Å². The number of morpholine rings is 1. The highest BCUT2D eigenvalue weighted by Crippen LogP contribution is 2.35. The van der Waals surface area contributed by atoms with Gasteiger partial charge in [-0.05, 0) is 37.6 Å². The zero-order valence-electron chi connectivity index (χ0n) is 19.7.